The molecule has 0 unspecified atom stereocenters. The van der Waals surface area contributed by atoms with Gasteiger partial charge in [0.25, 0.3) is 0 Å². The van der Waals surface area contributed by atoms with Crippen molar-refractivity contribution in [2.45, 2.75) is 0 Å². The van der Waals surface area contributed by atoms with E-state index < -0.39 is 0 Å². The van der Waals surface area contributed by atoms with Crippen LogP contribution in [0.2, 0.25) is 0 Å². The molecule has 6 aromatic rings. The van der Waals surface area contributed by atoms with Gasteiger partial charge in [0.05, 0.1) is 23.1 Å². The Kier molecular flexibility index (Phi) is 5.86. The predicted octanol–water partition coefficient (Wildman–Crippen LogP) is 5.95. The third-order valence-corrected chi connectivity index (χ3v) is 6.44. The van der Waals surface area contributed by atoms with Gasteiger partial charge >= 0.3 is 0 Å². The molecule has 3 aromatic heterocycles. The Morgan fingerprint density at radius 3 is 2.68 bits per heavy atom. The van der Waals surface area contributed by atoms with Gasteiger partial charge in [0.1, 0.15) is 11.5 Å². The zero-order valence-corrected chi connectivity index (χ0v) is 20.6. The smallest absolute Gasteiger partial charge is 0.125 e. The number of hydrogen-bond acceptors (Lipinski definition) is 5. The van der Waals surface area contributed by atoms with Gasteiger partial charge in [0, 0.05) is 53.0 Å². The van der Waals surface area contributed by atoms with E-state index in [-0.39, 0.29) is 5.82 Å². The number of likely N-dealkylation sites (N-methyl/N-ethyl adjacent to an activating group) is 1. The zero-order valence-electron chi connectivity index (χ0n) is 20.6. The number of nitrogens with zero attached hydrogens (tertiary/aromatic N) is 4. The lowest BCUT2D eigenvalue weighted by Gasteiger charge is -2.13. The number of benzene rings is 3. The first-order chi connectivity index (χ1) is 18.0. The monoisotopic (exact) mass is 491 g/mol. The first-order valence-corrected chi connectivity index (χ1v) is 12.1. The average Bonchev–Trinajstić information content (AvgIpc) is 3.52. The van der Waals surface area contributed by atoms with Crippen LogP contribution in [0.25, 0.3) is 55.6 Å². The largest absolute Gasteiger partial charge is 0.384 e. The van der Waals surface area contributed by atoms with E-state index in [1.165, 1.54) is 6.07 Å². The van der Waals surface area contributed by atoms with Crippen molar-refractivity contribution in [1.29, 1.82) is 0 Å². The molecule has 0 aliphatic heterocycles. The molecule has 0 spiro atoms. The van der Waals surface area contributed by atoms with Crippen LogP contribution in [0, 0.1) is 5.82 Å². The highest BCUT2D eigenvalue weighted by atomic mass is 19.1. The van der Waals surface area contributed by atoms with E-state index in [2.05, 4.69) is 47.5 Å². The van der Waals surface area contributed by atoms with Gasteiger partial charge in [-0.05, 0) is 67.7 Å². The molecule has 7 nitrogen and oxygen atoms in total. The summed E-state index contributed by atoms with van der Waals surface area (Å²) in [6, 6.07) is 19.3. The number of H-pyrrole nitrogens is 2. The second-order valence-corrected chi connectivity index (χ2v) is 9.33. The molecule has 37 heavy (non-hydrogen) atoms. The third-order valence-electron chi connectivity index (χ3n) is 6.44. The van der Waals surface area contributed by atoms with E-state index in [0.717, 1.165) is 74.4 Å². The molecule has 0 aliphatic carbocycles. The Bertz CT molecular complexity index is 1700. The van der Waals surface area contributed by atoms with E-state index in [9.17, 15) is 4.39 Å². The van der Waals surface area contributed by atoms with Crippen LogP contribution in [0.1, 0.15) is 0 Å². The van der Waals surface area contributed by atoms with Crippen molar-refractivity contribution >= 4 is 27.5 Å². The number of anilines is 1. The van der Waals surface area contributed by atoms with Crippen molar-refractivity contribution in [3.05, 3.63) is 85.1 Å². The van der Waals surface area contributed by atoms with Crippen molar-refractivity contribution < 1.29 is 4.39 Å². The predicted molar refractivity (Wildman–Crippen MR) is 147 cm³/mol. The van der Waals surface area contributed by atoms with Crippen LogP contribution in [0.15, 0.2) is 79.3 Å². The highest BCUT2D eigenvalue weighted by Gasteiger charge is 2.15. The van der Waals surface area contributed by atoms with Crippen LogP contribution in [0.5, 0.6) is 0 Å². The van der Waals surface area contributed by atoms with Crippen molar-refractivity contribution in [3.8, 4) is 33.8 Å². The molecule has 0 amide bonds. The van der Waals surface area contributed by atoms with Crippen molar-refractivity contribution in [2.75, 3.05) is 32.5 Å². The van der Waals surface area contributed by atoms with Gasteiger partial charge in [-0.15, -0.1) is 0 Å². The molecule has 0 fully saturated rings. The highest BCUT2D eigenvalue weighted by Crippen LogP contribution is 2.36. The van der Waals surface area contributed by atoms with E-state index >= 15 is 0 Å². The lowest BCUT2D eigenvalue weighted by molar-refractivity contribution is 0.425. The molecule has 0 aliphatic rings. The molecule has 6 rings (SSSR count). The molecule has 0 bridgehead atoms. The number of rotatable bonds is 7. The highest BCUT2D eigenvalue weighted by molar-refractivity contribution is 6.02. The summed E-state index contributed by atoms with van der Waals surface area (Å²) in [5, 5.41) is 13.1. The molecule has 3 N–H and O–H groups in total. The van der Waals surface area contributed by atoms with Gasteiger partial charge in [-0.25, -0.2) is 4.39 Å². The Morgan fingerprint density at radius 1 is 0.919 bits per heavy atom. The molecule has 0 saturated carbocycles. The topological polar surface area (TPSA) is 85.5 Å². The summed E-state index contributed by atoms with van der Waals surface area (Å²) in [6.07, 6.45) is 5.10. The van der Waals surface area contributed by atoms with Crippen LogP contribution in [0.3, 0.4) is 0 Å². The summed E-state index contributed by atoms with van der Waals surface area (Å²) in [5.41, 5.74) is 7.89. The van der Waals surface area contributed by atoms with Crippen LogP contribution in [0.4, 0.5) is 10.1 Å². The van der Waals surface area contributed by atoms with Crippen molar-refractivity contribution in [1.82, 2.24) is 30.0 Å². The quantitative estimate of drug-likeness (QED) is 0.257. The van der Waals surface area contributed by atoms with Gasteiger partial charge < -0.3 is 15.2 Å². The fourth-order valence-electron chi connectivity index (χ4n) is 4.63. The normalized spacial score (nSPS) is 11.6. The number of hydrogen-bond donors (Lipinski definition) is 3. The summed E-state index contributed by atoms with van der Waals surface area (Å²) < 4.78 is 14.6. The summed E-state index contributed by atoms with van der Waals surface area (Å²) >= 11 is 0. The van der Waals surface area contributed by atoms with Gasteiger partial charge in [-0.3, -0.25) is 15.1 Å². The lowest BCUT2D eigenvalue weighted by atomic mass is 10.0. The third kappa shape index (κ3) is 4.54. The van der Waals surface area contributed by atoms with Gasteiger partial charge in [0.15, 0.2) is 0 Å². The molecule has 3 aromatic carbocycles. The minimum Gasteiger partial charge on any atom is -0.384 e. The standard InChI is InChI=1S/C29H26FN7/c1-37(2)11-10-32-21-13-19(12-20(30)15-21)22-4-3-5-25-23(22)16-27(34-25)29-24-14-18(6-7-26(24)35-36-29)28-17-31-8-9-33-28/h3-9,12-17,32,34H,10-11H2,1-2H3,(H,35,36). The summed E-state index contributed by atoms with van der Waals surface area (Å²) in [6.45, 7) is 1.59. The lowest BCUT2D eigenvalue weighted by Crippen LogP contribution is -2.20. The maximum Gasteiger partial charge on any atom is 0.125 e. The maximum absolute atomic E-state index is 14.6. The molecule has 8 heteroatoms. The van der Waals surface area contributed by atoms with Crippen LogP contribution < -0.4 is 5.32 Å². The van der Waals surface area contributed by atoms with Gasteiger partial charge in [-0.2, -0.15) is 5.10 Å². The molecule has 0 atom stereocenters. The maximum atomic E-state index is 14.6. The number of nitrogens with one attached hydrogen (secondary N) is 3. The Morgan fingerprint density at radius 2 is 1.84 bits per heavy atom. The average molecular weight is 492 g/mol. The molecule has 184 valence electrons. The second-order valence-electron chi connectivity index (χ2n) is 9.33. The van der Waals surface area contributed by atoms with Crippen LogP contribution >= 0.6 is 0 Å². The SMILES string of the molecule is CN(C)CCNc1cc(F)cc(-c2cccc3[nH]c(-c4n[nH]c5ccc(-c6cnccn6)cc45)cc23)c1. The molecular formula is C29H26FN7. The molecule has 3 heterocycles. The Labute approximate surface area is 213 Å². The van der Waals surface area contributed by atoms with E-state index in [4.69, 9.17) is 0 Å². The number of fused-ring (bicyclic) bond motifs is 2. The minimum atomic E-state index is -0.271. The zero-order chi connectivity index (χ0) is 25.4. The minimum absolute atomic E-state index is 0.271. The summed E-state index contributed by atoms with van der Waals surface area (Å²) in [5.74, 6) is -0.271. The van der Waals surface area contributed by atoms with Crippen LogP contribution in [-0.4, -0.2) is 57.2 Å². The molecule has 0 radical (unpaired) electrons. The number of aromatic amines is 2. The Hall–Kier alpha value is -4.56. The van der Waals surface area contributed by atoms with Gasteiger partial charge in [0.2, 0.25) is 0 Å². The Balaban J connectivity index is 1.41. The van der Waals surface area contributed by atoms with Gasteiger partial charge in [-0.1, -0.05) is 18.2 Å². The van der Waals surface area contributed by atoms with E-state index in [0.29, 0.717) is 0 Å². The van der Waals surface area contributed by atoms with Crippen molar-refractivity contribution in [3.63, 3.8) is 0 Å². The molecule has 0 saturated heterocycles. The fourth-order valence-corrected chi connectivity index (χ4v) is 4.63. The van der Waals surface area contributed by atoms with Crippen molar-refractivity contribution in [2.24, 2.45) is 0 Å². The first kappa shape index (κ1) is 22.9. The molecular weight excluding hydrogens is 465 g/mol. The van der Waals surface area contributed by atoms with Crippen LogP contribution in [-0.2, 0) is 0 Å². The number of aromatic nitrogens is 5. The van der Waals surface area contributed by atoms with E-state index in [1.54, 1.807) is 24.7 Å². The fraction of sp³-hybridized carbons (Fsp3) is 0.138. The summed E-state index contributed by atoms with van der Waals surface area (Å²) in [7, 11) is 4.03. The van der Waals surface area contributed by atoms with E-state index in [1.807, 2.05) is 50.5 Å². The second kappa shape index (κ2) is 9.48. The summed E-state index contributed by atoms with van der Waals surface area (Å²) in [4.78, 5) is 14.2. The number of halogens is 1. The first-order valence-electron chi connectivity index (χ1n) is 12.1.